The van der Waals surface area contributed by atoms with Crippen molar-refractivity contribution < 1.29 is 9.90 Å². The van der Waals surface area contributed by atoms with Crippen LogP contribution in [0.15, 0.2) is 0 Å². The van der Waals surface area contributed by atoms with Gasteiger partial charge in [-0.3, -0.25) is 4.79 Å². The first-order chi connectivity index (χ1) is 8.68. The van der Waals surface area contributed by atoms with Gasteiger partial charge in [0, 0.05) is 6.04 Å². The number of likely N-dealkylation sites (tertiary alicyclic amines) is 1. The maximum absolute atomic E-state index is 11.4. The molecule has 0 unspecified atom stereocenters. The van der Waals surface area contributed by atoms with Gasteiger partial charge < -0.3 is 10.0 Å². The van der Waals surface area contributed by atoms with Gasteiger partial charge in [0.05, 0.1) is 5.41 Å². The van der Waals surface area contributed by atoms with Crippen molar-refractivity contribution in [3.8, 4) is 0 Å². The maximum atomic E-state index is 11.4. The Bertz CT molecular complexity index is 274. The summed E-state index contributed by atoms with van der Waals surface area (Å²) >= 11 is 0. The zero-order chi connectivity index (χ0) is 13.0. The van der Waals surface area contributed by atoms with Crippen molar-refractivity contribution >= 4 is 5.97 Å². The molecule has 0 aromatic heterocycles. The molecule has 1 saturated heterocycles. The Labute approximate surface area is 111 Å². The second-order valence-electron chi connectivity index (χ2n) is 6.12. The number of nitrogens with zero attached hydrogens (tertiary/aromatic N) is 1. The molecule has 2 fully saturated rings. The van der Waals surface area contributed by atoms with Crippen LogP contribution in [0.1, 0.15) is 64.7 Å². The number of piperidine rings is 1. The molecule has 3 heteroatoms. The molecule has 1 N–H and O–H groups in total. The molecule has 2 aliphatic rings. The predicted molar refractivity (Wildman–Crippen MR) is 72.7 cm³/mol. The van der Waals surface area contributed by atoms with E-state index in [-0.39, 0.29) is 0 Å². The molecule has 0 radical (unpaired) electrons. The highest BCUT2D eigenvalue weighted by Gasteiger charge is 2.40. The summed E-state index contributed by atoms with van der Waals surface area (Å²) in [6, 6.07) is 0.733. The maximum Gasteiger partial charge on any atom is 0.309 e. The molecule has 0 bridgehead atoms. The van der Waals surface area contributed by atoms with E-state index in [1.807, 2.05) is 6.92 Å². The molecule has 2 rings (SSSR count). The summed E-state index contributed by atoms with van der Waals surface area (Å²) in [7, 11) is 0. The average Bonchev–Trinajstić information content (AvgIpc) is 2.67. The molecule has 0 spiro atoms. The smallest absolute Gasteiger partial charge is 0.309 e. The van der Waals surface area contributed by atoms with Crippen LogP contribution in [0.3, 0.4) is 0 Å². The van der Waals surface area contributed by atoms with Crippen molar-refractivity contribution in [2.24, 2.45) is 5.41 Å². The van der Waals surface area contributed by atoms with Gasteiger partial charge >= 0.3 is 5.97 Å². The zero-order valence-corrected chi connectivity index (χ0v) is 11.7. The van der Waals surface area contributed by atoms with Crippen LogP contribution in [0.25, 0.3) is 0 Å². The first kappa shape index (κ1) is 13.9. The summed E-state index contributed by atoms with van der Waals surface area (Å²) in [6.45, 7) is 4.01. The lowest BCUT2D eigenvalue weighted by Crippen LogP contribution is -2.47. The van der Waals surface area contributed by atoms with Gasteiger partial charge in [-0.2, -0.15) is 0 Å². The molecule has 0 aromatic carbocycles. The molecule has 1 saturated carbocycles. The molecule has 1 heterocycles. The summed E-state index contributed by atoms with van der Waals surface area (Å²) in [5.41, 5.74) is -0.429. The third kappa shape index (κ3) is 2.87. The fraction of sp³-hybridized carbons (Fsp3) is 0.933. The fourth-order valence-electron chi connectivity index (χ4n) is 3.66. The van der Waals surface area contributed by atoms with Crippen LogP contribution in [0, 0.1) is 5.41 Å². The number of carbonyl (C=O) groups is 1. The molecule has 104 valence electrons. The topological polar surface area (TPSA) is 40.5 Å². The van der Waals surface area contributed by atoms with Gasteiger partial charge in [0.2, 0.25) is 0 Å². The largest absolute Gasteiger partial charge is 0.481 e. The Morgan fingerprint density at radius 1 is 1.17 bits per heavy atom. The van der Waals surface area contributed by atoms with Gasteiger partial charge in [-0.15, -0.1) is 0 Å². The SMILES string of the molecule is CCC1(C(=O)O)CCN(C2CCCCCC2)CC1. The van der Waals surface area contributed by atoms with Crippen LogP contribution >= 0.6 is 0 Å². The highest BCUT2D eigenvalue weighted by molar-refractivity contribution is 5.74. The number of aliphatic carboxylic acids is 1. The van der Waals surface area contributed by atoms with Crippen molar-refractivity contribution in [2.45, 2.75) is 70.8 Å². The molecular weight excluding hydrogens is 226 g/mol. The zero-order valence-electron chi connectivity index (χ0n) is 11.7. The van der Waals surface area contributed by atoms with Crippen LogP contribution in [0.4, 0.5) is 0 Å². The molecular formula is C15H27NO2. The Morgan fingerprint density at radius 2 is 1.72 bits per heavy atom. The summed E-state index contributed by atoms with van der Waals surface area (Å²) in [5.74, 6) is -0.578. The highest BCUT2D eigenvalue weighted by Crippen LogP contribution is 2.37. The van der Waals surface area contributed by atoms with Gasteiger partial charge in [-0.25, -0.2) is 0 Å². The lowest BCUT2D eigenvalue weighted by Gasteiger charge is -2.41. The predicted octanol–water partition coefficient (Wildman–Crippen LogP) is 3.29. The van der Waals surface area contributed by atoms with E-state index in [0.29, 0.717) is 0 Å². The monoisotopic (exact) mass is 253 g/mol. The number of hydrogen-bond donors (Lipinski definition) is 1. The van der Waals surface area contributed by atoms with Crippen LogP contribution in [-0.2, 0) is 4.79 Å². The summed E-state index contributed by atoms with van der Waals surface area (Å²) < 4.78 is 0. The van der Waals surface area contributed by atoms with Gasteiger partial charge in [-0.05, 0) is 45.2 Å². The van der Waals surface area contributed by atoms with Crippen molar-refractivity contribution in [1.29, 1.82) is 0 Å². The number of carboxylic acid groups (broad SMARTS) is 1. The molecule has 1 aliphatic heterocycles. The Balaban J connectivity index is 1.90. The van der Waals surface area contributed by atoms with E-state index in [0.717, 1.165) is 38.4 Å². The van der Waals surface area contributed by atoms with E-state index < -0.39 is 11.4 Å². The number of carboxylic acids is 1. The van der Waals surface area contributed by atoms with Crippen molar-refractivity contribution in [1.82, 2.24) is 4.90 Å². The summed E-state index contributed by atoms with van der Waals surface area (Å²) in [5, 5.41) is 9.41. The number of rotatable bonds is 3. The second-order valence-corrected chi connectivity index (χ2v) is 6.12. The van der Waals surface area contributed by atoms with Crippen LogP contribution in [-0.4, -0.2) is 35.1 Å². The van der Waals surface area contributed by atoms with E-state index in [4.69, 9.17) is 0 Å². The third-order valence-corrected chi connectivity index (χ3v) is 5.23. The van der Waals surface area contributed by atoms with Gasteiger partial charge in [0.1, 0.15) is 0 Å². The molecule has 0 atom stereocenters. The first-order valence-corrected chi connectivity index (χ1v) is 7.65. The molecule has 0 amide bonds. The van der Waals surface area contributed by atoms with Gasteiger partial charge in [0.15, 0.2) is 0 Å². The minimum atomic E-state index is -0.578. The second kappa shape index (κ2) is 6.05. The Morgan fingerprint density at radius 3 is 2.17 bits per heavy atom. The van der Waals surface area contributed by atoms with Crippen LogP contribution in [0.5, 0.6) is 0 Å². The molecule has 1 aliphatic carbocycles. The Kier molecular flexibility index (Phi) is 4.66. The van der Waals surface area contributed by atoms with E-state index in [1.165, 1.54) is 38.5 Å². The summed E-state index contributed by atoms with van der Waals surface area (Å²) in [4.78, 5) is 14.0. The van der Waals surface area contributed by atoms with Gasteiger partial charge in [0.25, 0.3) is 0 Å². The lowest BCUT2D eigenvalue weighted by molar-refractivity contribution is -0.152. The van der Waals surface area contributed by atoms with Crippen LogP contribution in [0.2, 0.25) is 0 Å². The normalized spacial score (nSPS) is 26.7. The van der Waals surface area contributed by atoms with E-state index in [1.54, 1.807) is 0 Å². The fourth-order valence-corrected chi connectivity index (χ4v) is 3.66. The molecule has 18 heavy (non-hydrogen) atoms. The molecule has 3 nitrogen and oxygen atoms in total. The van der Waals surface area contributed by atoms with E-state index in [9.17, 15) is 9.90 Å². The number of hydrogen-bond acceptors (Lipinski definition) is 2. The lowest BCUT2D eigenvalue weighted by atomic mass is 9.76. The van der Waals surface area contributed by atoms with Crippen molar-refractivity contribution in [3.63, 3.8) is 0 Å². The minimum absolute atomic E-state index is 0.429. The van der Waals surface area contributed by atoms with Crippen molar-refractivity contribution in [2.75, 3.05) is 13.1 Å². The third-order valence-electron chi connectivity index (χ3n) is 5.23. The molecule has 0 aromatic rings. The van der Waals surface area contributed by atoms with Crippen molar-refractivity contribution in [3.05, 3.63) is 0 Å². The van der Waals surface area contributed by atoms with Crippen LogP contribution < -0.4 is 0 Å². The quantitative estimate of drug-likeness (QED) is 0.785. The first-order valence-electron chi connectivity index (χ1n) is 7.65. The average molecular weight is 253 g/mol. The highest BCUT2D eigenvalue weighted by atomic mass is 16.4. The minimum Gasteiger partial charge on any atom is -0.481 e. The van der Waals surface area contributed by atoms with E-state index in [2.05, 4.69) is 4.90 Å². The summed E-state index contributed by atoms with van der Waals surface area (Å²) in [6.07, 6.45) is 10.6. The van der Waals surface area contributed by atoms with E-state index >= 15 is 0 Å². The Hall–Kier alpha value is -0.570. The van der Waals surface area contributed by atoms with Gasteiger partial charge in [-0.1, -0.05) is 32.6 Å². The standard InChI is InChI=1S/C15H27NO2/c1-2-15(14(17)18)9-11-16(12-10-15)13-7-5-3-4-6-8-13/h13H,2-12H2,1H3,(H,17,18).